The van der Waals surface area contributed by atoms with E-state index in [9.17, 15) is 29.3 Å². The summed E-state index contributed by atoms with van der Waals surface area (Å²) in [6.07, 6.45) is 2.97. The molecule has 2 amide bonds. The van der Waals surface area contributed by atoms with Crippen molar-refractivity contribution in [2.75, 3.05) is 11.5 Å². The standard InChI is InChI=1S/C34H26ClN3O7/c1-17-26(35)12-11-24-25(34(42)45-16-28(39)19-3-2-4-23(14-19)38(43)44)15-27(36-31(17)24)18-7-9-22(10-8-18)37-32(40)29-20-5-6-21(13-20)30(29)33(37)41/h2-4,7-12,14-15,20-21,29-30H,5-6,13,16H2,1H3. The summed E-state index contributed by atoms with van der Waals surface area (Å²) in [4.78, 5) is 69.3. The highest BCUT2D eigenvalue weighted by molar-refractivity contribution is 6.32. The molecular formula is C34H26ClN3O7. The van der Waals surface area contributed by atoms with E-state index in [1.807, 2.05) is 0 Å². The van der Waals surface area contributed by atoms with Crippen molar-refractivity contribution in [3.8, 4) is 11.3 Å². The Bertz CT molecular complexity index is 1930. The largest absolute Gasteiger partial charge is 0.454 e. The first-order valence-corrected chi connectivity index (χ1v) is 15.0. The van der Waals surface area contributed by atoms with Crippen LogP contribution in [-0.2, 0) is 14.3 Å². The van der Waals surface area contributed by atoms with Gasteiger partial charge in [0.15, 0.2) is 6.61 Å². The summed E-state index contributed by atoms with van der Waals surface area (Å²) in [6, 6.07) is 17.0. The third kappa shape index (κ3) is 4.76. The van der Waals surface area contributed by atoms with Gasteiger partial charge in [0, 0.05) is 33.7 Å². The topological polar surface area (TPSA) is 137 Å². The number of imide groups is 1. The Morgan fingerprint density at radius 1 is 1.00 bits per heavy atom. The van der Waals surface area contributed by atoms with Crippen LogP contribution in [0.3, 0.4) is 0 Å². The normalized spacial score (nSPS) is 21.8. The predicted octanol–water partition coefficient (Wildman–Crippen LogP) is 6.35. The minimum atomic E-state index is -0.782. The third-order valence-corrected chi connectivity index (χ3v) is 9.86. The van der Waals surface area contributed by atoms with Crippen molar-refractivity contribution in [1.29, 1.82) is 0 Å². The number of rotatable bonds is 7. The average molecular weight is 624 g/mol. The fraction of sp³-hybridized carbons (Fsp3) is 0.265. The lowest BCUT2D eigenvalue weighted by Gasteiger charge is -2.19. The van der Waals surface area contributed by atoms with Gasteiger partial charge in [-0.1, -0.05) is 41.9 Å². The number of carbonyl (C=O) groups is 4. The summed E-state index contributed by atoms with van der Waals surface area (Å²) in [6.45, 7) is 1.15. The van der Waals surface area contributed by atoms with Crippen LogP contribution in [0.4, 0.5) is 11.4 Å². The fourth-order valence-electron chi connectivity index (χ4n) is 7.25. The number of fused-ring (bicyclic) bond motifs is 6. The molecule has 226 valence electrons. The van der Waals surface area contributed by atoms with Crippen molar-refractivity contribution in [1.82, 2.24) is 4.98 Å². The van der Waals surface area contributed by atoms with Gasteiger partial charge < -0.3 is 4.74 Å². The summed E-state index contributed by atoms with van der Waals surface area (Å²) < 4.78 is 5.38. The molecule has 0 N–H and O–H groups in total. The number of amides is 2. The summed E-state index contributed by atoms with van der Waals surface area (Å²) >= 11 is 6.39. The highest BCUT2D eigenvalue weighted by atomic mass is 35.5. The number of non-ortho nitro benzene ring substituents is 1. The first-order valence-electron chi connectivity index (χ1n) is 14.6. The van der Waals surface area contributed by atoms with Crippen LogP contribution in [0.1, 0.15) is 45.5 Å². The van der Waals surface area contributed by atoms with Crippen molar-refractivity contribution < 1.29 is 28.8 Å². The Labute approximate surface area is 262 Å². The lowest BCUT2D eigenvalue weighted by molar-refractivity contribution is -0.384. The van der Waals surface area contributed by atoms with Gasteiger partial charge in [-0.15, -0.1) is 0 Å². The second kappa shape index (κ2) is 10.9. The molecule has 2 saturated carbocycles. The molecule has 11 heteroatoms. The maximum absolute atomic E-state index is 13.4. The smallest absolute Gasteiger partial charge is 0.339 e. The fourth-order valence-corrected chi connectivity index (χ4v) is 7.40. The second-order valence-corrected chi connectivity index (χ2v) is 12.3. The van der Waals surface area contributed by atoms with Gasteiger partial charge in [-0.25, -0.2) is 9.78 Å². The van der Waals surface area contributed by atoms with Gasteiger partial charge in [-0.05, 0) is 67.9 Å². The second-order valence-electron chi connectivity index (χ2n) is 11.9. The third-order valence-electron chi connectivity index (χ3n) is 9.45. The molecule has 0 radical (unpaired) electrons. The number of aryl methyl sites for hydroxylation is 1. The lowest BCUT2D eigenvalue weighted by atomic mass is 9.81. The van der Waals surface area contributed by atoms with Crippen LogP contribution in [0, 0.1) is 40.7 Å². The molecule has 3 aromatic carbocycles. The van der Waals surface area contributed by atoms with Crippen LogP contribution in [0.25, 0.3) is 22.2 Å². The molecule has 1 aliphatic heterocycles. The number of ether oxygens (including phenoxy) is 1. The SMILES string of the molecule is Cc1c(Cl)ccc2c(C(=O)OCC(=O)c3cccc([N+](=O)[O-])c3)cc(-c3ccc(N4C(=O)C5C6CCC(C6)C5C4=O)cc3)nc12. The first-order chi connectivity index (χ1) is 21.6. The van der Waals surface area contributed by atoms with E-state index < -0.39 is 23.3 Å². The average Bonchev–Trinajstić information content (AvgIpc) is 3.74. The molecular weight excluding hydrogens is 598 g/mol. The van der Waals surface area contributed by atoms with Gasteiger partial charge >= 0.3 is 5.97 Å². The minimum absolute atomic E-state index is 0.0474. The number of benzene rings is 3. The molecule has 0 spiro atoms. The molecule has 10 nitrogen and oxygen atoms in total. The van der Waals surface area contributed by atoms with Gasteiger partial charge in [0.1, 0.15) is 0 Å². The van der Waals surface area contributed by atoms with Gasteiger partial charge in [-0.2, -0.15) is 0 Å². The van der Waals surface area contributed by atoms with Crippen LogP contribution in [0.2, 0.25) is 5.02 Å². The van der Waals surface area contributed by atoms with Gasteiger partial charge in [0.05, 0.1) is 39.2 Å². The molecule has 2 heterocycles. The monoisotopic (exact) mass is 623 g/mol. The molecule has 45 heavy (non-hydrogen) atoms. The minimum Gasteiger partial charge on any atom is -0.454 e. The number of nitro groups is 1. The summed E-state index contributed by atoms with van der Waals surface area (Å²) in [5.74, 6) is -1.48. The Morgan fingerprint density at radius 2 is 1.69 bits per heavy atom. The number of anilines is 1. The number of esters is 1. The Kier molecular flexibility index (Phi) is 6.96. The quantitative estimate of drug-likeness (QED) is 0.0764. The van der Waals surface area contributed by atoms with Crippen LogP contribution in [0.5, 0.6) is 0 Å². The number of hydrogen-bond acceptors (Lipinski definition) is 8. The highest BCUT2D eigenvalue weighted by Gasteiger charge is 2.61. The number of carbonyl (C=O) groups excluding carboxylic acids is 4. The number of pyridine rings is 1. The predicted molar refractivity (Wildman–Crippen MR) is 165 cm³/mol. The van der Waals surface area contributed by atoms with Gasteiger partial charge in [-0.3, -0.25) is 29.4 Å². The molecule has 4 atom stereocenters. The number of hydrogen-bond donors (Lipinski definition) is 0. The molecule has 4 unspecified atom stereocenters. The molecule has 1 saturated heterocycles. The summed E-state index contributed by atoms with van der Waals surface area (Å²) in [5, 5.41) is 12.0. The van der Waals surface area contributed by atoms with Crippen LogP contribution in [0.15, 0.2) is 66.7 Å². The number of halogens is 1. The van der Waals surface area contributed by atoms with Crippen molar-refractivity contribution in [3.63, 3.8) is 0 Å². The molecule has 4 aromatic rings. The van der Waals surface area contributed by atoms with E-state index in [1.165, 1.54) is 23.1 Å². The lowest BCUT2D eigenvalue weighted by Crippen LogP contribution is -2.32. The molecule has 3 fully saturated rings. The van der Waals surface area contributed by atoms with E-state index >= 15 is 0 Å². The Morgan fingerprint density at radius 3 is 2.36 bits per heavy atom. The van der Waals surface area contributed by atoms with Crippen LogP contribution < -0.4 is 4.90 Å². The summed E-state index contributed by atoms with van der Waals surface area (Å²) in [5.41, 5.74) is 2.61. The number of aromatic nitrogens is 1. The number of Topliss-reactive ketones (excluding diaryl/α,β-unsaturated/α-hetero) is 1. The maximum Gasteiger partial charge on any atom is 0.339 e. The van der Waals surface area contributed by atoms with Crippen molar-refractivity contribution in [2.24, 2.45) is 23.7 Å². The molecule has 2 bridgehead atoms. The molecule has 7 rings (SSSR count). The molecule has 1 aromatic heterocycles. The highest BCUT2D eigenvalue weighted by Crippen LogP contribution is 2.56. The van der Waals surface area contributed by atoms with E-state index in [0.29, 0.717) is 38.4 Å². The Hall–Kier alpha value is -4.96. The van der Waals surface area contributed by atoms with Crippen molar-refractivity contribution in [3.05, 3.63) is 98.6 Å². The number of nitrogens with zero attached hydrogens (tertiary/aromatic N) is 3. The van der Waals surface area contributed by atoms with Crippen molar-refractivity contribution in [2.45, 2.75) is 26.2 Å². The van der Waals surface area contributed by atoms with E-state index in [2.05, 4.69) is 0 Å². The van der Waals surface area contributed by atoms with Gasteiger partial charge in [0.2, 0.25) is 17.6 Å². The van der Waals surface area contributed by atoms with Crippen LogP contribution >= 0.6 is 11.6 Å². The maximum atomic E-state index is 13.4. The van der Waals surface area contributed by atoms with Crippen molar-refractivity contribution >= 4 is 57.4 Å². The number of ketones is 1. The number of nitro benzene ring substituents is 1. The first kappa shape index (κ1) is 28.8. The zero-order valence-corrected chi connectivity index (χ0v) is 24.8. The van der Waals surface area contributed by atoms with E-state index in [1.54, 1.807) is 49.4 Å². The molecule has 3 aliphatic rings. The molecule has 2 aliphatic carbocycles. The van der Waals surface area contributed by atoms with E-state index in [-0.39, 0.29) is 52.3 Å². The van der Waals surface area contributed by atoms with Crippen LogP contribution in [-0.4, -0.2) is 40.1 Å². The van der Waals surface area contributed by atoms with Gasteiger partial charge in [0.25, 0.3) is 5.69 Å². The Balaban J connectivity index is 1.18. The van der Waals surface area contributed by atoms with E-state index in [0.717, 1.165) is 25.3 Å². The summed E-state index contributed by atoms with van der Waals surface area (Å²) in [7, 11) is 0. The van der Waals surface area contributed by atoms with E-state index in [4.69, 9.17) is 21.3 Å². The zero-order chi connectivity index (χ0) is 31.6. The zero-order valence-electron chi connectivity index (χ0n) is 24.1.